The Morgan fingerprint density at radius 1 is 1.29 bits per heavy atom. The third-order valence-electron chi connectivity index (χ3n) is 2.30. The fraction of sp³-hybridized carbons (Fsp3) is 0.727. The van der Waals surface area contributed by atoms with Crippen LogP contribution in [0.2, 0.25) is 0 Å². The van der Waals surface area contributed by atoms with Crippen molar-refractivity contribution in [3.05, 3.63) is 0 Å². The van der Waals surface area contributed by atoms with Crippen LogP contribution in [0.15, 0.2) is 0 Å². The molecule has 2 amide bonds. The predicted molar refractivity (Wildman–Crippen MR) is 64.5 cm³/mol. The second-order valence-electron chi connectivity index (χ2n) is 4.29. The molecule has 0 radical (unpaired) electrons. The molecule has 0 aliphatic carbocycles. The monoisotopic (exact) mass is 243 g/mol. The van der Waals surface area contributed by atoms with E-state index in [2.05, 4.69) is 5.32 Å². The van der Waals surface area contributed by atoms with E-state index in [0.29, 0.717) is 19.5 Å². The minimum absolute atomic E-state index is 0.0447. The van der Waals surface area contributed by atoms with Gasteiger partial charge in [-0.25, -0.2) is 0 Å². The van der Waals surface area contributed by atoms with Crippen LogP contribution in [0.1, 0.15) is 13.3 Å². The lowest BCUT2D eigenvalue weighted by molar-refractivity contribution is -0.134. The number of hydrogen-bond acceptors (Lipinski definition) is 4. The molecule has 0 aromatic rings. The van der Waals surface area contributed by atoms with Crippen LogP contribution in [0.25, 0.3) is 0 Å². The van der Waals surface area contributed by atoms with E-state index in [9.17, 15) is 14.4 Å². The average Bonchev–Trinajstić information content (AvgIpc) is 2.23. The van der Waals surface area contributed by atoms with E-state index in [1.54, 1.807) is 0 Å². The molecule has 0 fully saturated rings. The van der Waals surface area contributed by atoms with Crippen molar-refractivity contribution >= 4 is 18.1 Å². The Bertz CT molecular complexity index is 279. The van der Waals surface area contributed by atoms with Gasteiger partial charge in [0.15, 0.2) is 0 Å². The largest absolute Gasteiger partial charge is 0.353 e. The van der Waals surface area contributed by atoms with Gasteiger partial charge in [-0.05, 0) is 21.0 Å². The molecule has 0 saturated heterocycles. The summed E-state index contributed by atoms with van der Waals surface area (Å²) in [5.41, 5.74) is 0. The number of hydrogen-bond donors (Lipinski definition) is 1. The van der Waals surface area contributed by atoms with Crippen LogP contribution in [-0.4, -0.2) is 68.2 Å². The van der Waals surface area contributed by atoms with E-state index in [-0.39, 0.29) is 18.1 Å². The third kappa shape index (κ3) is 6.68. The van der Waals surface area contributed by atoms with Gasteiger partial charge in [-0.1, -0.05) is 0 Å². The number of carbonyl (C=O) groups excluding carboxylic acids is 3. The summed E-state index contributed by atoms with van der Waals surface area (Å²) in [6.45, 7) is 2.61. The number of nitrogens with zero attached hydrogens (tertiary/aromatic N) is 2. The zero-order valence-corrected chi connectivity index (χ0v) is 10.9. The lowest BCUT2D eigenvalue weighted by atomic mass is 10.1. The van der Waals surface area contributed by atoms with E-state index >= 15 is 0 Å². The Morgan fingerprint density at radius 3 is 2.29 bits per heavy atom. The van der Waals surface area contributed by atoms with Gasteiger partial charge in [0.2, 0.25) is 12.3 Å². The highest BCUT2D eigenvalue weighted by Crippen LogP contribution is 2.01. The van der Waals surface area contributed by atoms with Gasteiger partial charge in [0.1, 0.15) is 11.8 Å². The van der Waals surface area contributed by atoms with E-state index < -0.39 is 6.04 Å². The topological polar surface area (TPSA) is 69.7 Å². The Labute approximate surface area is 102 Å². The maximum atomic E-state index is 11.8. The summed E-state index contributed by atoms with van der Waals surface area (Å²) >= 11 is 0. The third-order valence-corrected chi connectivity index (χ3v) is 2.30. The molecule has 0 spiro atoms. The van der Waals surface area contributed by atoms with E-state index in [1.165, 1.54) is 18.9 Å². The molecule has 1 N–H and O–H groups in total. The number of carbonyl (C=O) groups is 3. The highest BCUT2D eigenvalue weighted by molar-refractivity contribution is 5.89. The Morgan fingerprint density at radius 2 is 1.88 bits per heavy atom. The summed E-state index contributed by atoms with van der Waals surface area (Å²) in [6.07, 6.45) is 0.599. The van der Waals surface area contributed by atoms with Crippen molar-refractivity contribution in [2.45, 2.75) is 19.4 Å². The zero-order valence-electron chi connectivity index (χ0n) is 10.9. The fourth-order valence-corrected chi connectivity index (χ4v) is 1.29. The molecule has 17 heavy (non-hydrogen) atoms. The number of Topliss-reactive ketones (excluding diaryl/α,β-unsaturated/α-hetero) is 1. The molecule has 0 saturated carbocycles. The van der Waals surface area contributed by atoms with E-state index in [0.717, 1.165) is 0 Å². The van der Waals surface area contributed by atoms with Crippen LogP contribution in [0, 0.1) is 0 Å². The second-order valence-corrected chi connectivity index (χ2v) is 4.29. The zero-order chi connectivity index (χ0) is 13.4. The van der Waals surface area contributed by atoms with E-state index in [1.807, 2.05) is 19.0 Å². The molecule has 0 heterocycles. The molecule has 1 unspecified atom stereocenters. The van der Waals surface area contributed by atoms with Gasteiger partial charge in [-0.2, -0.15) is 0 Å². The van der Waals surface area contributed by atoms with Crippen LogP contribution in [0.4, 0.5) is 0 Å². The van der Waals surface area contributed by atoms with Gasteiger partial charge in [0, 0.05) is 26.6 Å². The predicted octanol–water partition coefficient (Wildman–Crippen LogP) is -0.900. The molecule has 6 heteroatoms. The Balaban J connectivity index is 4.32. The SMILES string of the molecule is CC(=O)CC(C(=O)NCCN(C)C)N(C)C=O. The summed E-state index contributed by atoms with van der Waals surface area (Å²) in [5, 5.41) is 2.70. The molecule has 98 valence electrons. The Hall–Kier alpha value is -1.43. The molecular formula is C11H21N3O3. The second kappa shape index (κ2) is 7.78. The van der Waals surface area contributed by atoms with Gasteiger partial charge < -0.3 is 15.1 Å². The molecule has 0 aromatic carbocycles. The van der Waals surface area contributed by atoms with Gasteiger partial charge in [0.05, 0.1) is 0 Å². The smallest absolute Gasteiger partial charge is 0.243 e. The van der Waals surface area contributed by atoms with E-state index in [4.69, 9.17) is 0 Å². The summed E-state index contributed by atoms with van der Waals surface area (Å²) < 4.78 is 0. The molecule has 0 rings (SSSR count). The Kier molecular flexibility index (Phi) is 7.13. The minimum Gasteiger partial charge on any atom is -0.353 e. The summed E-state index contributed by atoms with van der Waals surface area (Å²) in [4.78, 5) is 36.6. The van der Waals surface area contributed by atoms with Gasteiger partial charge >= 0.3 is 0 Å². The molecule has 0 aromatic heterocycles. The van der Waals surface area contributed by atoms with Crippen LogP contribution < -0.4 is 5.32 Å². The lowest BCUT2D eigenvalue weighted by Gasteiger charge is -2.23. The van der Waals surface area contributed by atoms with Gasteiger partial charge in [-0.15, -0.1) is 0 Å². The van der Waals surface area contributed by atoms with Crippen molar-refractivity contribution in [3.8, 4) is 0 Å². The highest BCUT2D eigenvalue weighted by Gasteiger charge is 2.23. The van der Waals surface area contributed by atoms with Crippen molar-refractivity contribution in [1.82, 2.24) is 15.1 Å². The first-order valence-electron chi connectivity index (χ1n) is 5.47. The van der Waals surface area contributed by atoms with Crippen molar-refractivity contribution in [1.29, 1.82) is 0 Å². The quantitative estimate of drug-likeness (QED) is 0.561. The summed E-state index contributed by atoms with van der Waals surface area (Å²) in [7, 11) is 5.29. The highest BCUT2D eigenvalue weighted by atomic mass is 16.2. The molecule has 6 nitrogen and oxygen atoms in total. The molecule has 0 bridgehead atoms. The maximum absolute atomic E-state index is 11.8. The maximum Gasteiger partial charge on any atom is 0.243 e. The first-order chi connectivity index (χ1) is 7.88. The first kappa shape index (κ1) is 15.6. The van der Waals surface area contributed by atoms with Crippen LogP contribution >= 0.6 is 0 Å². The molecule has 1 atom stereocenters. The average molecular weight is 243 g/mol. The summed E-state index contributed by atoms with van der Waals surface area (Å²) in [6, 6.07) is -0.716. The number of likely N-dealkylation sites (N-methyl/N-ethyl adjacent to an activating group) is 2. The number of ketones is 1. The minimum atomic E-state index is -0.716. The van der Waals surface area contributed by atoms with Crippen LogP contribution in [0.3, 0.4) is 0 Å². The van der Waals surface area contributed by atoms with Crippen LogP contribution in [-0.2, 0) is 14.4 Å². The fourth-order valence-electron chi connectivity index (χ4n) is 1.29. The summed E-state index contributed by atoms with van der Waals surface area (Å²) in [5.74, 6) is -0.414. The number of nitrogens with one attached hydrogen (secondary N) is 1. The standard InChI is InChI=1S/C11H21N3O3/c1-9(16)7-10(14(4)8-15)11(17)12-5-6-13(2)3/h8,10H,5-7H2,1-4H3,(H,12,17). The molecule has 0 aliphatic heterocycles. The lowest BCUT2D eigenvalue weighted by Crippen LogP contribution is -2.47. The van der Waals surface area contributed by atoms with Gasteiger partial charge in [-0.3, -0.25) is 14.4 Å². The molecule has 0 aliphatic rings. The first-order valence-corrected chi connectivity index (χ1v) is 5.47. The molecular weight excluding hydrogens is 222 g/mol. The number of amides is 2. The van der Waals surface area contributed by atoms with Crippen molar-refractivity contribution in [2.24, 2.45) is 0 Å². The van der Waals surface area contributed by atoms with Crippen molar-refractivity contribution < 1.29 is 14.4 Å². The normalized spacial score (nSPS) is 12.1. The van der Waals surface area contributed by atoms with Gasteiger partial charge in [0.25, 0.3) is 0 Å². The van der Waals surface area contributed by atoms with Crippen molar-refractivity contribution in [3.63, 3.8) is 0 Å². The number of rotatable bonds is 8. The van der Waals surface area contributed by atoms with Crippen LogP contribution in [0.5, 0.6) is 0 Å². The van der Waals surface area contributed by atoms with Crippen molar-refractivity contribution in [2.75, 3.05) is 34.2 Å².